The molecule has 0 atom stereocenters. The molecule has 31 heavy (non-hydrogen) atoms. The van der Waals surface area contributed by atoms with Gasteiger partial charge in [-0.05, 0) is 53.7 Å². The first kappa shape index (κ1) is 21.5. The molecule has 6 heteroatoms. The molecule has 0 aliphatic carbocycles. The zero-order valence-corrected chi connectivity index (χ0v) is 19.3. The number of nitrogens with zero attached hydrogens (tertiary/aromatic N) is 3. The minimum Gasteiger partial charge on any atom is -0.338 e. The molecule has 5 nitrogen and oxygen atoms in total. The number of benzene rings is 1. The van der Waals surface area contributed by atoms with Crippen molar-refractivity contribution in [3.8, 4) is 0 Å². The third-order valence-corrected chi connectivity index (χ3v) is 6.68. The second kappa shape index (κ2) is 9.18. The summed E-state index contributed by atoms with van der Waals surface area (Å²) in [5.74, 6) is 0.738. The predicted molar refractivity (Wildman–Crippen MR) is 132 cm³/mol. The van der Waals surface area contributed by atoms with Crippen molar-refractivity contribution in [1.29, 1.82) is 0 Å². The van der Waals surface area contributed by atoms with E-state index in [2.05, 4.69) is 61.4 Å². The zero-order chi connectivity index (χ0) is 21.8. The zero-order valence-electron chi connectivity index (χ0n) is 18.5. The second-order valence-corrected chi connectivity index (χ2v) is 10.1. The summed E-state index contributed by atoms with van der Waals surface area (Å²) in [7, 11) is 0. The third kappa shape index (κ3) is 5.31. The van der Waals surface area contributed by atoms with Crippen LogP contribution >= 0.6 is 11.3 Å². The second-order valence-electron chi connectivity index (χ2n) is 9.04. The molecule has 4 rings (SSSR count). The number of hydrogen-bond donors (Lipinski definition) is 1. The Hall–Kier alpha value is -2.73. The quantitative estimate of drug-likeness (QED) is 0.655. The van der Waals surface area contributed by atoms with E-state index in [1.165, 1.54) is 5.56 Å². The third-order valence-electron chi connectivity index (χ3n) is 5.55. The summed E-state index contributed by atoms with van der Waals surface area (Å²) in [4.78, 5) is 26.0. The van der Waals surface area contributed by atoms with E-state index >= 15 is 0 Å². The Labute approximate surface area is 188 Å². The molecule has 0 unspecified atom stereocenters. The summed E-state index contributed by atoms with van der Waals surface area (Å²) in [6.45, 7) is 8.84. The van der Waals surface area contributed by atoms with Crippen LogP contribution in [-0.2, 0) is 12.0 Å². The number of carbonyl (C=O) groups is 1. The van der Waals surface area contributed by atoms with Gasteiger partial charge in [-0.1, -0.05) is 39.0 Å². The molecule has 1 aromatic heterocycles. The minimum atomic E-state index is 0.0771. The maximum absolute atomic E-state index is 12.8. The molecule has 1 amide bonds. The lowest BCUT2D eigenvalue weighted by Crippen LogP contribution is -2.26. The van der Waals surface area contributed by atoms with E-state index in [0.29, 0.717) is 12.5 Å². The largest absolute Gasteiger partial charge is 0.338 e. The van der Waals surface area contributed by atoms with Crippen LogP contribution in [0.5, 0.6) is 0 Å². The van der Waals surface area contributed by atoms with E-state index in [4.69, 9.17) is 4.99 Å². The Kier molecular flexibility index (Phi) is 6.37. The molecule has 0 spiro atoms. The number of fused-ring (bicyclic) bond motifs is 1. The van der Waals surface area contributed by atoms with Gasteiger partial charge in [-0.2, -0.15) is 0 Å². The Bertz CT molecular complexity index is 1040. The molecule has 1 fully saturated rings. The Morgan fingerprint density at radius 2 is 1.97 bits per heavy atom. The number of hydrogen-bond acceptors (Lipinski definition) is 5. The van der Waals surface area contributed by atoms with Gasteiger partial charge >= 0.3 is 0 Å². The number of rotatable bonds is 2. The van der Waals surface area contributed by atoms with E-state index in [9.17, 15) is 4.79 Å². The van der Waals surface area contributed by atoms with Crippen LogP contribution in [0.25, 0.3) is 6.08 Å². The fraction of sp³-hybridized carbons (Fsp3) is 0.400. The van der Waals surface area contributed by atoms with Gasteiger partial charge in [0.25, 0.3) is 5.91 Å². The van der Waals surface area contributed by atoms with Crippen LogP contribution in [0.1, 0.15) is 65.7 Å². The molecule has 0 bridgehead atoms. The van der Waals surface area contributed by atoms with Gasteiger partial charge in [-0.3, -0.25) is 4.79 Å². The van der Waals surface area contributed by atoms with Crippen molar-refractivity contribution >= 4 is 41.2 Å². The lowest BCUT2D eigenvalue weighted by Gasteiger charge is -2.20. The fourth-order valence-electron chi connectivity index (χ4n) is 3.73. The van der Waals surface area contributed by atoms with E-state index < -0.39 is 0 Å². The lowest BCUT2D eigenvalue weighted by molar-refractivity contribution is 0.0797. The van der Waals surface area contributed by atoms with Gasteiger partial charge in [0.2, 0.25) is 5.96 Å². The van der Waals surface area contributed by atoms with Crippen molar-refractivity contribution in [2.45, 2.75) is 52.0 Å². The first-order chi connectivity index (χ1) is 14.9. The molecule has 0 radical (unpaired) electrons. The molecule has 0 saturated carbocycles. The highest BCUT2D eigenvalue weighted by Gasteiger charge is 2.22. The van der Waals surface area contributed by atoms with Crippen LogP contribution in [0, 0.1) is 0 Å². The average Bonchev–Trinajstić information content (AvgIpc) is 3.41. The predicted octanol–water partition coefficient (Wildman–Crippen LogP) is 5.74. The van der Waals surface area contributed by atoms with Crippen LogP contribution in [-0.4, -0.2) is 36.1 Å². The number of carbonyl (C=O) groups excluding carboxylic acids is 1. The van der Waals surface area contributed by atoms with Gasteiger partial charge in [0.1, 0.15) is 0 Å². The molecule has 2 aliphatic heterocycles. The molecule has 3 heterocycles. The average molecular weight is 435 g/mol. The molecule has 2 aliphatic rings. The number of guanidine groups is 1. The van der Waals surface area contributed by atoms with Gasteiger partial charge in [0.05, 0.1) is 11.4 Å². The van der Waals surface area contributed by atoms with Gasteiger partial charge in [-0.25, -0.2) is 9.98 Å². The number of nitrogens with one attached hydrogen (secondary N) is 1. The van der Waals surface area contributed by atoms with Crippen LogP contribution in [0.4, 0.5) is 5.69 Å². The number of anilines is 1. The Morgan fingerprint density at radius 1 is 1.16 bits per heavy atom. The van der Waals surface area contributed by atoms with Crippen LogP contribution in [0.2, 0.25) is 0 Å². The summed E-state index contributed by atoms with van der Waals surface area (Å²) in [6, 6.07) is 10.4. The molecule has 1 saturated heterocycles. The maximum Gasteiger partial charge on any atom is 0.263 e. The topological polar surface area (TPSA) is 57.1 Å². The first-order valence-corrected chi connectivity index (χ1v) is 11.7. The molecule has 2 aromatic rings. The standard InChI is InChI=1S/C25H30N4OS/c1-25(2,3)19-9-8-10-20(16-19)28-24-26-12-5-4-11-21-18(17-27-24)15-22(31-21)23(30)29-13-6-7-14-29/h4,8-12,15-16H,5-7,13-14,17H2,1-3H3,(H,27,28)/b11-4-,26-12-. The number of amides is 1. The first-order valence-electron chi connectivity index (χ1n) is 10.9. The van der Waals surface area contributed by atoms with E-state index in [-0.39, 0.29) is 11.3 Å². The number of thiophene rings is 1. The normalized spacial score (nSPS) is 20.5. The van der Waals surface area contributed by atoms with Crippen molar-refractivity contribution in [2.75, 3.05) is 18.4 Å². The number of allylic oxidation sites excluding steroid dienone is 1. The molecule has 1 aromatic carbocycles. The summed E-state index contributed by atoms with van der Waals surface area (Å²) in [5.41, 5.74) is 3.39. The summed E-state index contributed by atoms with van der Waals surface area (Å²) < 4.78 is 0. The lowest BCUT2D eigenvalue weighted by atomic mass is 9.87. The Balaban J connectivity index is 1.56. The van der Waals surface area contributed by atoms with Gasteiger partial charge in [-0.15, -0.1) is 11.3 Å². The Morgan fingerprint density at radius 3 is 2.74 bits per heavy atom. The summed E-state index contributed by atoms with van der Waals surface area (Å²) in [5, 5.41) is 3.37. The van der Waals surface area contributed by atoms with Crippen molar-refractivity contribution < 1.29 is 4.79 Å². The van der Waals surface area contributed by atoms with Gasteiger partial charge in [0, 0.05) is 36.3 Å². The SMILES string of the molecule is CC(C)(C)c1cccc(NC2=N/Cc3cc(C(=O)N4CCCC4)sc3/C=C\C/C=N\2)c1. The highest BCUT2D eigenvalue weighted by molar-refractivity contribution is 7.15. The van der Waals surface area contributed by atoms with E-state index in [0.717, 1.165) is 53.4 Å². The smallest absolute Gasteiger partial charge is 0.263 e. The van der Waals surface area contributed by atoms with Crippen LogP contribution in [0.15, 0.2) is 46.4 Å². The highest BCUT2D eigenvalue weighted by Crippen LogP contribution is 2.28. The monoisotopic (exact) mass is 434 g/mol. The van der Waals surface area contributed by atoms with Crippen molar-refractivity contribution in [3.05, 3.63) is 57.3 Å². The molecular weight excluding hydrogens is 404 g/mol. The molecular formula is C25H30N4OS. The van der Waals surface area contributed by atoms with Crippen molar-refractivity contribution in [3.63, 3.8) is 0 Å². The number of likely N-dealkylation sites (tertiary alicyclic amines) is 1. The highest BCUT2D eigenvalue weighted by atomic mass is 32.1. The van der Waals surface area contributed by atoms with Crippen LogP contribution < -0.4 is 5.32 Å². The maximum atomic E-state index is 12.8. The van der Waals surface area contributed by atoms with Crippen molar-refractivity contribution in [1.82, 2.24) is 4.90 Å². The van der Waals surface area contributed by atoms with Gasteiger partial charge in [0.15, 0.2) is 0 Å². The number of aliphatic imine (C=N–C) groups is 2. The minimum absolute atomic E-state index is 0.0771. The molecule has 1 N–H and O–H groups in total. The fourth-order valence-corrected chi connectivity index (χ4v) is 4.80. The molecule has 162 valence electrons. The van der Waals surface area contributed by atoms with E-state index in [1.807, 2.05) is 23.2 Å². The van der Waals surface area contributed by atoms with E-state index in [1.54, 1.807) is 11.3 Å². The van der Waals surface area contributed by atoms with Crippen LogP contribution in [0.3, 0.4) is 0 Å². The summed E-state index contributed by atoms with van der Waals surface area (Å²) >= 11 is 1.57. The van der Waals surface area contributed by atoms with Crippen molar-refractivity contribution in [2.24, 2.45) is 9.98 Å². The summed E-state index contributed by atoms with van der Waals surface area (Å²) in [6.07, 6.45) is 8.97. The van der Waals surface area contributed by atoms with Gasteiger partial charge < -0.3 is 10.2 Å².